The summed E-state index contributed by atoms with van der Waals surface area (Å²) in [5.74, 6) is -0.973. The van der Waals surface area contributed by atoms with Crippen molar-refractivity contribution in [3.05, 3.63) is 109 Å². The molecule has 0 aliphatic carbocycles. The average Bonchev–Trinajstić information content (AvgIpc) is 3.39. The van der Waals surface area contributed by atoms with Crippen molar-refractivity contribution in [2.45, 2.75) is 284 Å². The highest BCUT2D eigenvalue weighted by molar-refractivity contribution is 5.71. The lowest BCUT2D eigenvalue weighted by Crippen LogP contribution is -2.30. The lowest BCUT2D eigenvalue weighted by atomic mass is 10.1. The molecule has 0 aromatic rings. The summed E-state index contributed by atoms with van der Waals surface area (Å²) >= 11 is 0. The van der Waals surface area contributed by atoms with Crippen molar-refractivity contribution in [2.75, 3.05) is 13.2 Å². The maximum atomic E-state index is 12.9. The van der Waals surface area contributed by atoms with Crippen molar-refractivity contribution >= 4 is 17.9 Å². The normalized spacial score (nSPS) is 12.9. The fourth-order valence-electron chi connectivity index (χ4n) is 8.19. The van der Waals surface area contributed by atoms with Crippen LogP contribution in [0.25, 0.3) is 0 Å². The van der Waals surface area contributed by atoms with E-state index in [9.17, 15) is 14.4 Å². The number of hydrogen-bond donors (Lipinski definition) is 0. The highest BCUT2D eigenvalue weighted by Gasteiger charge is 2.19. The number of hydrogen-bond acceptors (Lipinski definition) is 6. The topological polar surface area (TPSA) is 78.9 Å². The summed E-state index contributed by atoms with van der Waals surface area (Å²) < 4.78 is 16.8. The van der Waals surface area contributed by atoms with Gasteiger partial charge in [0.25, 0.3) is 0 Å². The van der Waals surface area contributed by atoms with E-state index in [1.807, 2.05) is 0 Å². The monoisotopic (exact) mass is 1010 g/mol. The molecule has 0 aromatic heterocycles. The van der Waals surface area contributed by atoms with Crippen LogP contribution in [-0.2, 0) is 28.6 Å². The van der Waals surface area contributed by atoms with Crippen molar-refractivity contribution in [3.8, 4) is 0 Å². The van der Waals surface area contributed by atoms with Crippen molar-refractivity contribution < 1.29 is 28.6 Å². The van der Waals surface area contributed by atoms with Gasteiger partial charge in [0.2, 0.25) is 0 Å². The van der Waals surface area contributed by atoms with E-state index >= 15 is 0 Å². The maximum Gasteiger partial charge on any atom is 0.306 e. The molecule has 0 amide bonds. The average molecular weight is 1010 g/mol. The summed E-state index contributed by atoms with van der Waals surface area (Å²) in [6.07, 6.45) is 82.3. The van der Waals surface area contributed by atoms with E-state index in [0.29, 0.717) is 19.3 Å². The summed E-state index contributed by atoms with van der Waals surface area (Å²) in [6, 6.07) is 0. The molecule has 0 heterocycles. The van der Waals surface area contributed by atoms with Crippen LogP contribution in [0.1, 0.15) is 278 Å². The van der Waals surface area contributed by atoms with E-state index in [-0.39, 0.29) is 37.5 Å². The molecule has 1 unspecified atom stereocenters. The Hall–Kier alpha value is -3.93. The largest absolute Gasteiger partial charge is 0.462 e. The SMILES string of the molecule is CC/C=C\C/C=C\C/C=C\C/C=C\C/C=C\C/C=C\C/C=C\CCCC(=O)OCC(COC(=O)CCCCCCC/C=C\CCCCCCC)OC(=O)CCCCCCCCC/C=C\CCCCCCCCC. The molecule has 0 aliphatic heterocycles. The molecule has 0 saturated heterocycles. The Morgan fingerprint density at radius 3 is 0.904 bits per heavy atom. The van der Waals surface area contributed by atoms with Crippen LogP contribution in [-0.4, -0.2) is 37.2 Å². The lowest BCUT2D eigenvalue weighted by molar-refractivity contribution is -0.167. The molecule has 73 heavy (non-hydrogen) atoms. The first-order valence-electron chi connectivity index (χ1n) is 30.4. The van der Waals surface area contributed by atoms with Gasteiger partial charge in [-0.15, -0.1) is 0 Å². The van der Waals surface area contributed by atoms with Crippen LogP contribution in [0.15, 0.2) is 109 Å². The van der Waals surface area contributed by atoms with Gasteiger partial charge in [0, 0.05) is 19.3 Å². The van der Waals surface area contributed by atoms with Crippen LogP contribution >= 0.6 is 0 Å². The summed E-state index contributed by atoms with van der Waals surface area (Å²) in [4.78, 5) is 38.2. The van der Waals surface area contributed by atoms with Gasteiger partial charge in [0.1, 0.15) is 13.2 Å². The van der Waals surface area contributed by atoms with E-state index in [0.717, 1.165) is 103 Å². The second-order valence-electron chi connectivity index (χ2n) is 19.9. The number of ether oxygens (including phenoxy) is 3. The first-order chi connectivity index (χ1) is 36.0. The van der Waals surface area contributed by atoms with E-state index in [1.165, 1.54) is 128 Å². The Morgan fingerprint density at radius 2 is 0.548 bits per heavy atom. The first kappa shape index (κ1) is 69.1. The molecule has 416 valence electrons. The zero-order valence-corrected chi connectivity index (χ0v) is 47.6. The van der Waals surface area contributed by atoms with E-state index in [1.54, 1.807) is 0 Å². The highest BCUT2D eigenvalue weighted by Crippen LogP contribution is 2.14. The first-order valence-corrected chi connectivity index (χ1v) is 30.4. The van der Waals surface area contributed by atoms with Crippen LogP contribution in [0.3, 0.4) is 0 Å². The van der Waals surface area contributed by atoms with Crippen LogP contribution in [0.4, 0.5) is 0 Å². The van der Waals surface area contributed by atoms with Gasteiger partial charge < -0.3 is 14.2 Å². The Kier molecular flexibility index (Phi) is 57.4. The van der Waals surface area contributed by atoms with Crippen molar-refractivity contribution in [3.63, 3.8) is 0 Å². The van der Waals surface area contributed by atoms with Gasteiger partial charge in [-0.2, -0.15) is 0 Å². The Balaban J connectivity index is 4.49. The molecular formula is C67H112O6. The molecule has 6 nitrogen and oxygen atoms in total. The predicted octanol–water partition coefficient (Wildman–Crippen LogP) is 20.7. The second kappa shape index (κ2) is 60.6. The molecule has 0 aromatic carbocycles. The molecule has 0 fully saturated rings. The van der Waals surface area contributed by atoms with Crippen molar-refractivity contribution in [1.82, 2.24) is 0 Å². The Bertz CT molecular complexity index is 1490. The summed E-state index contributed by atoms with van der Waals surface area (Å²) in [5, 5.41) is 0. The van der Waals surface area contributed by atoms with Gasteiger partial charge in [-0.3, -0.25) is 14.4 Å². The second-order valence-corrected chi connectivity index (χ2v) is 19.9. The summed E-state index contributed by atoms with van der Waals surface area (Å²) in [5.41, 5.74) is 0. The number of unbranched alkanes of at least 4 members (excludes halogenated alkanes) is 25. The van der Waals surface area contributed by atoms with E-state index < -0.39 is 6.10 Å². The molecule has 0 bridgehead atoms. The van der Waals surface area contributed by atoms with Gasteiger partial charge in [-0.1, -0.05) is 246 Å². The van der Waals surface area contributed by atoms with E-state index in [2.05, 4.69) is 130 Å². The number of allylic oxidation sites excluding steroid dienone is 18. The fourth-order valence-corrected chi connectivity index (χ4v) is 8.19. The van der Waals surface area contributed by atoms with Gasteiger partial charge in [0.15, 0.2) is 6.10 Å². The van der Waals surface area contributed by atoms with Crippen LogP contribution in [0, 0.1) is 0 Å². The Labute approximate surface area is 450 Å². The molecule has 0 rings (SSSR count). The van der Waals surface area contributed by atoms with Crippen molar-refractivity contribution in [1.29, 1.82) is 0 Å². The number of rotatable bonds is 54. The quantitative estimate of drug-likeness (QED) is 0.0261. The van der Waals surface area contributed by atoms with Crippen LogP contribution in [0.2, 0.25) is 0 Å². The van der Waals surface area contributed by atoms with Gasteiger partial charge >= 0.3 is 17.9 Å². The van der Waals surface area contributed by atoms with E-state index in [4.69, 9.17) is 14.2 Å². The molecule has 0 N–H and O–H groups in total. The molecule has 0 spiro atoms. The molecular weight excluding hydrogens is 901 g/mol. The standard InChI is InChI=1S/C67H112O6/c1-4-7-10-13-16-19-22-25-28-30-32-33-34-35-36-38-39-42-45-48-51-54-57-60-66(69)72-63-64(62-71-65(68)59-56-53-50-47-44-41-27-24-21-18-15-12-9-6-3)73-67(70)61-58-55-52-49-46-43-40-37-31-29-26-23-20-17-14-11-8-5-2/h7,10,16,19,24-25,27-29,31-33,35-36,39,42,48,51,64H,4-6,8-9,11-15,17-18,20-23,26,30,34,37-38,40-41,43-47,49-50,52-63H2,1-3H3/b10-7-,19-16-,27-24-,28-25-,31-29-,33-32-,36-35-,42-39-,51-48-. The fraction of sp³-hybridized carbons (Fsp3) is 0.687. The minimum atomic E-state index is -0.810. The van der Waals surface area contributed by atoms with Crippen LogP contribution < -0.4 is 0 Å². The third kappa shape index (κ3) is 58.8. The number of esters is 3. The third-order valence-corrected chi connectivity index (χ3v) is 12.7. The minimum absolute atomic E-state index is 0.103. The molecule has 0 saturated carbocycles. The summed E-state index contributed by atoms with van der Waals surface area (Å²) in [6.45, 7) is 6.47. The number of carbonyl (C=O) groups excluding carboxylic acids is 3. The summed E-state index contributed by atoms with van der Waals surface area (Å²) in [7, 11) is 0. The minimum Gasteiger partial charge on any atom is -0.462 e. The molecule has 0 radical (unpaired) electrons. The third-order valence-electron chi connectivity index (χ3n) is 12.7. The molecule has 1 atom stereocenters. The van der Waals surface area contributed by atoms with Gasteiger partial charge in [-0.25, -0.2) is 0 Å². The zero-order valence-electron chi connectivity index (χ0n) is 47.6. The molecule has 6 heteroatoms. The highest BCUT2D eigenvalue weighted by atomic mass is 16.6. The maximum absolute atomic E-state index is 12.9. The predicted molar refractivity (Wildman–Crippen MR) is 316 cm³/mol. The smallest absolute Gasteiger partial charge is 0.306 e. The molecule has 0 aliphatic rings. The lowest BCUT2D eigenvalue weighted by Gasteiger charge is -2.18. The number of carbonyl (C=O) groups is 3. The van der Waals surface area contributed by atoms with Crippen molar-refractivity contribution in [2.24, 2.45) is 0 Å². The Morgan fingerprint density at radius 1 is 0.288 bits per heavy atom. The van der Waals surface area contributed by atoms with Crippen LogP contribution in [0.5, 0.6) is 0 Å². The van der Waals surface area contributed by atoms with Gasteiger partial charge in [-0.05, 0) is 122 Å². The van der Waals surface area contributed by atoms with Gasteiger partial charge in [0.05, 0.1) is 0 Å². The zero-order chi connectivity index (χ0) is 52.9.